The largest absolute Gasteiger partial charge is 0.306 e. The molecule has 1 heterocycles. The highest BCUT2D eigenvalue weighted by atomic mass is 19.1. The maximum atomic E-state index is 13.0. The van der Waals surface area contributed by atoms with Gasteiger partial charge in [-0.3, -0.25) is 0 Å². The van der Waals surface area contributed by atoms with Gasteiger partial charge >= 0.3 is 0 Å². The fourth-order valence-electron chi connectivity index (χ4n) is 1.75. The van der Waals surface area contributed by atoms with Gasteiger partial charge in [-0.15, -0.1) is 0 Å². The molecule has 14 heavy (non-hydrogen) atoms. The predicted molar refractivity (Wildman–Crippen MR) is 55.6 cm³/mol. The summed E-state index contributed by atoms with van der Waals surface area (Å²) in [6.45, 7) is 2.71. The molecule has 0 saturated carbocycles. The summed E-state index contributed by atoms with van der Waals surface area (Å²) >= 11 is 0. The Labute approximate surface area is 83.6 Å². The molecule has 1 aromatic rings. The Balaban J connectivity index is 2.23. The van der Waals surface area contributed by atoms with E-state index >= 15 is 0 Å². The summed E-state index contributed by atoms with van der Waals surface area (Å²) in [7, 11) is 0. The van der Waals surface area contributed by atoms with E-state index in [4.69, 9.17) is 0 Å². The second kappa shape index (κ2) is 3.93. The Morgan fingerprint density at radius 1 is 1.36 bits per heavy atom. The van der Waals surface area contributed by atoms with Crippen molar-refractivity contribution >= 4 is 0 Å². The van der Waals surface area contributed by atoms with Crippen molar-refractivity contribution < 1.29 is 4.39 Å². The summed E-state index contributed by atoms with van der Waals surface area (Å²) in [4.78, 5) is 0. The molecule has 0 fully saturated rings. The van der Waals surface area contributed by atoms with Crippen molar-refractivity contribution in [3.05, 3.63) is 47.3 Å². The molecule has 0 aliphatic carbocycles. The van der Waals surface area contributed by atoms with Crippen LogP contribution in [0.5, 0.6) is 0 Å². The lowest BCUT2D eigenvalue weighted by Crippen LogP contribution is -2.23. The number of nitrogens with one attached hydrogen (secondary N) is 1. The van der Waals surface area contributed by atoms with Crippen LogP contribution in [0.15, 0.2) is 30.4 Å². The number of aryl methyl sites for hydroxylation is 1. The van der Waals surface area contributed by atoms with Crippen molar-refractivity contribution in [1.29, 1.82) is 0 Å². The smallest absolute Gasteiger partial charge is 0.126 e. The van der Waals surface area contributed by atoms with Crippen LogP contribution < -0.4 is 5.32 Å². The zero-order valence-corrected chi connectivity index (χ0v) is 8.26. The molecule has 1 nitrogen and oxygen atoms in total. The first-order valence-electron chi connectivity index (χ1n) is 4.92. The molecular formula is C12H14FN. The van der Waals surface area contributed by atoms with Crippen LogP contribution in [0.4, 0.5) is 4.39 Å². The lowest BCUT2D eigenvalue weighted by molar-refractivity contribution is 0.551. The van der Waals surface area contributed by atoms with Crippen LogP contribution in [-0.4, -0.2) is 6.54 Å². The molecule has 1 unspecified atom stereocenters. The molecule has 1 aliphatic heterocycles. The highest BCUT2D eigenvalue weighted by molar-refractivity contribution is 5.27. The van der Waals surface area contributed by atoms with E-state index in [1.807, 2.05) is 12.1 Å². The maximum Gasteiger partial charge on any atom is 0.126 e. The summed E-state index contributed by atoms with van der Waals surface area (Å²) in [6, 6.07) is 5.68. The van der Waals surface area contributed by atoms with Crippen LogP contribution in [0, 0.1) is 12.7 Å². The van der Waals surface area contributed by atoms with Crippen molar-refractivity contribution in [1.82, 2.24) is 5.32 Å². The third-order valence-corrected chi connectivity index (χ3v) is 2.60. The fraction of sp³-hybridized carbons (Fsp3) is 0.333. The molecular weight excluding hydrogens is 177 g/mol. The first kappa shape index (κ1) is 9.41. The van der Waals surface area contributed by atoms with Gasteiger partial charge in [-0.1, -0.05) is 24.3 Å². The van der Waals surface area contributed by atoms with Gasteiger partial charge in [0.25, 0.3) is 0 Å². The Kier molecular flexibility index (Phi) is 2.64. The highest BCUT2D eigenvalue weighted by Gasteiger charge is 2.12. The maximum absolute atomic E-state index is 13.0. The molecule has 2 rings (SSSR count). The molecule has 1 aromatic carbocycles. The predicted octanol–water partition coefficient (Wildman–Crippen LogP) is 2.72. The third kappa shape index (κ3) is 1.85. The molecule has 1 aliphatic rings. The van der Waals surface area contributed by atoms with E-state index in [1.165, 1.54) is 5.56 Å². The SMILES string of the molecule is Cc1cc(C2CC=CCN2)ccc1F. The topological polar surface area (TPSA) is 12.0 Å². The molecule has 0 radical (unpaired) electrons. The third-order valence-electron chi connectivity index (χ3n) is 2.60. The summed E-state index contributed by atoms with van der Waals surface area (Å²) < 4.78 is 13.0. The van der Waals surface area contributed by atoms with E-state index < -0.39 is 0 Å². The zero-order valence-electron chi connectivity index (χ0n) is 8.26. The van der Waals surface area contributed by atoms with Gasteiger partial charge in [0.2, 0.25) is 0 Å². The van der Waals surface area contributed by atoms with Crippen LogP contribution >= 0.6 is 0 Å². The van der Waals surface area contributed by atoms with Gasteiger partial charge in [0.1, 0.15) is 5.82 Å². The Morgan fingerprint density at radius 3 is 2.86 bits per heavy atom. The lowest BCUT2D eigenvalue weighted by atomic mass is 9.99. The molecule has 1 atom stereocenters. The number of rotatable bonds is 1. The lowest BCUT2D eigenvalue weighted by Gasteiger charge is -2.20. The monoisotopic (exact) mass is 191 g/mol. The Bertz CT molecular complexity index is 357. The van der Waals surface area contributed by atoms with E-state index in [0.717, 1.165) is 18.5 Å². The van der Waals surface area contributed by atoms with Crippen LogP contribution in [0.1, 0.15) is 23.6 Å². The van der Waals surface area contributed by atoms with Gasteiger partial charge in [0, 0.05) is 12.6 Å². The number of benzene rings is 1. The van der Waals surface area contributed by atoms with Crippen molar-refractivity contribution in [2.75, 3.05) is 6.54 Å². The van der Waals surface area contributed by atoms with Gasteiger partial charge < -0.3 is 5.32 Å². The van der Waals surface area contributed by atoms with Gasteiger partial charge in [0.05, 0.1) is 0 Å². The van der Waals surface area contributed by atoms with Crippen molar-refractivity contribution in [3.8, 4) is 0 Å². The average molecular weight is 191 g/mol. The molecule has 74 valence electrons. The summed E-state index contributed by atoms with van der Waals surface area (Å²) in [5.41, 5.74) is 1.90. The number of hydrogen-bond acceptors (Lipinski definition) is 1. The summed E-state index contributed by atoms with van der Waals surface area (Å²) in [6.07, 6.45) is 5.28. The summed E-state index contributed by atoms with van der Waals surface area (Å²) in [5, 5.41) is 3.37. The molecule has 0 spiro atoms. The van der Waals surface area contributed by atoms with Gasteiger partial charge in [-0.25, -0.2) is 4.39 Å². The molecule has 0 bridgehead atoms. The molecule has 0 amide bonds. The minimum atomic E-state index is -0.125. The second-order valence-electron chi connectivity index (χ2n) is 3.68. The first-order valence-corrected chi connectivity index (χ1v) is 4.92. The highest BCUT2D eigenvalue weighted by Crippen LogP contribution is 2.21. The van der Waals surface area contributed by atoms with Gasteiger partial charge in [-0.2, -0.15) is 0 Å². The van der Waals surface area contributed by atoms with Gasteiger partial charge in [0.15, 0.2) is 0 Å². The Hall–Kier alpha value is -1.15. The minimum Gasteiger partial charge on any atom is -0.306 e. The average Bonchev–Trinajstić information content (AvgIpc) is 2.23. The second-order valence-corrected chi connectivity index (χ2v) is 3.68. The standard InChI is InChI=1S/C12H14FN/c1-9-8-10(5-6-11(9)13)12-4-2-3-7-14-12/h2-3,5-6,8,12,14H,4,7H2,1H3. The summed E-state index contributed by atoms with van der Waals surface area (Å²) in [5.74, 6) is -0.125. The van der Waals surface area contributed by atoms with Crippen molar-refractivity contribution in [2.24, 2.45) is 0 Å². The van der Waals surface area contributed by atoms with Crippen LogP contribution in [0.3, 0.4) is 0 Å². The van der Waals surface area contributed by atoms with Crippen LogP contribution in [0.25, 0.3) is 0 Å². The number of hydrogen-bond donors (Lipinski definition) is 1. The van der Waals surface area contributed by atoms with E-state index in [9.17, 15) is 4.39 Å². The molecule has 0 aromatic heterocycles. The molecule has 1 N–H and O–H groups in total. The van der Waals surface area contributed by atoms with Gasteiger partial charge in [-0.05, 0) is 30.5 Å². The first-order chi connectivity index (χ1) is 6.77. The fourth-order valence-corrected chi connectivity index (χ4v) is 1.75. The van der Waals surface area contributed by atoms with Crippen molar-refractivity contribution in [3.63, 3.8) is 0 Å². The minimum absolute atomic E-state index is 0.125. The Morgan fingerprint density at radius 2 is 2.21 bits per heavy atom. The zero-order chi connectivity index (χ0) is 9.97. The number of halogens is 1. The van der Waals surface area contributed by atoms with Crippen LogP contribution in [-0.2, 0) is 0 Å². The van der Waals surface area contributed by atoms with E-state index in [2.05, 4.69) is 17.5 Å². The van der Waals surface area contributed by atoms with E-state index in [-0.39, 0.29) is 5.82 Å². The van der Waals surface area contributed by atoms with Crippen molar-refractivity contribution in [2.45, 2.75) is 19.4 Å². The quantitative estimate of drug-likeness (QED) is 0.673. The molecule has 2 heteroatoms. The van der Waals surface area contributed by atoms with E-state index in [1.54, 1.807) is 13.0 Å². The van der Waals surface area contributed by atoms with E-state index in [0.29, 0.717) is 6.04 Å². The molecule has 0 saturated heterocycles. The normalized spacial score (nSPS) is 21.1. The van der Waals surface area contributed by atoms with Crippen LogP contribution in [0.2, 0.25) is 0 Å².